The van der Waals surface area contributed by atoms with Crippen molar-refractivity contribution in [1.29, 1.82) is 0 Å². The van der Waals surface area contributed by atoms with Gasteiger partial charge >= 0.3 is 6.18 Å². The van der Waals surface area contributed by atoms with E-state index < -0.39 is 17.9 Å². The first kappa shape index (κ1) is 11.9. The van der Waals surface area contributed by atoms with E-state index in [1.54, 1.807) is 17.5 Å². The summed E-state index contributed by atoms with van der Waals surface area (Å²) >= 11 is 1.22. The van der Waals surface area contributed by atoms with Crippen LogP contribution in [0.25, 0.3) is 0 Å². The zero-order valence-corrected chi connectivity index (χ0v) is 8.27. The lowest BCUT2D eigenvalue weighted by Crippen LogP contribution is -2.32. The van der Waals surface area contributed by atoms with Crippen LogP contribution in [-0.2, 0) is 16.0 Å². The Morgan fingerprint density at radius 2 is 2.20 bits per heavy atom. The molecule has 0 saturated heterocycles. The van der Waals surface area contributed by atoms with Gasteiger partial charge in [0.1, 0.15) is 6.29 Å². The van der Waals surface area contributed by atoms with Crippen molar-refractivity contribution in [2.75, 3.05) is 0 Å². The molecule has 0 aliphatic heterocycles. The lowest BCUT2D eigenvalue weighted by Gasteiger charge is -2.10. The van der Waals surface area contributed by atoms with Crippen LogP contribution in [0.3, 0.4) is 0 Å². The summed E-state index contributed by atoms with van der Waals surface area (Å²) < 4.78 is 36.0. The Kier molecular flexibility index (Phi) is 3.62. The summed E-state index contributed by atoms with van der Waals surface area (Å²) in [5, 5.41) is 1.68. The maximum atomic E-state index is 12.0. The molecule has 0 aromatic carbocycles. The predicted octanol–water partition coefficient (Wildman–Crippen LogP) is 2.24. The third kappa shape index (κ3) is 3.16. The smallest absolute Gasteiger partial charge is 0.303 e. The molecule has 6 heteroatoms. The molecule has 1 aromatic heterocycles. The molecule has 1 aromatic rings. The highest BCUT2D eigenvalue weighted by Gasteiger charge is 2.43. The van der Waals surface area contributed by atoms with Gasteiger partial charge in [-0.15, -0.1) is 11.3 Å². The molecule has 0 bridgehead atoms. The van der Waals surface area contributed by atoms with E-state index in [1.165, 1.54) is 11.3 Å². The molecule has 0 radical (unpaired) electrons. The molecule has 0 spiro atoms. The summed E-state index contributed by atoms with van der Waals surface area (Å²) in [4.78, 5) is 21.8. The maximum Gasteiger partial charge on any atom is 0.450 e. The van der Waals surface area contributed by atoms with Crippen LogP contribution in [0.1, 0.15) is 4.88 Å². The number of aldehydes is 1. The molecular formula is C9H7F3O2S. The molecule has 0 fully saturated rings. The lowest BCUT2D eigenvalue weighted by molar-refractivity contribution is -0.175. The quantitative estimate of drug-likeness (QED) is 0.593. The summed E-state index contributed by atoms with van der Waals surface area (Å²) in [6.45, 7) is 0. The van der Waals surface area contributed by atoms with Gasteiger partial charge in [-0.2, -0.15) is 13.2 Å². The van der Waals surface area contributed by atoms with Crippen molar-refractivity contribution in [3.05, 3.63) is 22.4 Å². The van der Waals surface area contributed by atoms with Gasteiger partial charge in [0.25, 0.3) is 0 Å². The van der Waals surface area contributed by atoms with Gasteiger partial charge in [0.2, 0.25) is 5.78 Å². The number of hydrogen-bond donors (Lipinski definition) is 0. The second-order valence-corrected chi connectivity index (χ2v) is 3.92. The molecule has 1 unspecified atom stereocenters. The van der Waals surface area contributed by atoms with E-state index in [2.05, 4.69) is 0 Å². The molecule has 82 valence electrons. The minimum Gasteiger partial charge on any atom is -0.303 e. The Hall–Kier alpha value is -1.17. The zero-order valence-electron chi connectivity index (χ0n) is 7.45. The van der Waals surface area contributed by atoms with Gasteiger partial charge in [-0.1, -0.05) is 6.07 Å². The van der Waals surface area contributed by atoms with E-state index in [1.807, 2.05) is 0 Å². The van der Waals surface area contributed by atoms with E-state index in [-0.39, 0.29) is 12.7 Å². The Morgan fingerprint density at radius 3 is 2.60 bits per heavy atom. The van der Waals surface area contributed by atoms with Crippen LogP contribution in [0, 0.1) is 5.92 Å². The largest absolute Gasteiger partial charge is 0.450 e. The minimum atomic E-state index is -4.94. The van der Waals surface area contributed by atoms with Gasteiger partial charge in [0, 0.05) is 4.88 Å². The molecule has 1 atom stereocenters. The molecule has 0 saturated carbocycles. The van der Waals surface area contributed by atoms with Crippen molar-refractivity contribution < 1.29 is 22.8 Å². The van der Waals surface area contributed by atoms with Gasteiger partial charge in [0.05, 0.1) is 5.92 Å². The third-order valence-corrected chi connectivity index (χ3v) is 2.68. The maximum absolute atomic E-state index is 12.0. The molecular weight excluding hydrogens is 229 g/mol. The summed E-state index contributed by atoms with van der Waals surface area (Å²) in [6, 6.07) is 3.24. The summed E-state index contributed by atoms with van der Waals surface area (Å²) in [5.41, 5.74) is 0. The van der Waals surface area contributed by atoms with Gasteiger partial charge in [0.15, 0.2) is 0 Å². The molecule has 1 rings (SSSR count). The average molecular weight is 236 g/mol. The molecule has 0 aliphatic carbocycles. The van der Waals surface area contributed by atoms with E-state index >= 15 is 0 Å². The van der Waals surface area contributed by atoms with E-state index in [0.717, 1.165) is 0 Å². The zero-order chi connectivity index (χ0) is 11.5. The summed E-state index contributed by atoms with van der Waals surface area (Å²) in [6.07, 6.45) is -5.07. The van der Waals surface area contributed by atoms with Crippen molar-refractivity contribution in [2.24, 2.45) is 5.92 Å². The van der Waals surface area contributed by atoms with Crippen molar-refractivity contribution in [3.8, 4) is 0 Å². The fourth-order valence-electron chi connectivity index (χ4n) is 1.06. The number of carbonyl (C=O) groups excluding carboxylic acids is 2. The number of thiophene rings is 1. The SMILES string of the molecule is O=CC(Cc1cccs1)C(=O)C(F)(F)F. The molecule has 0 N–H and O–H groups in total. The average Bonchev–Trinajstić information content (AvgIpc) is 2.64. The number of halogens is 3. The number of alkyl halides is 3. The minimum absolute atomic E-state index is 0.0511. The fourth-order valence-corrected chi connectivity index (χ4v) is 1.82. The number of carbonyl (C=O) groups is 2. The second kappa shape index (κ2) is 4.57. The number of rotatable bonds is 4. The van der Waals surface area contributed by atoms with Crippen molar-refractivity contribution in [1.82, 2.24) is 0 Å². The highest BCUT2D eigenvalue weighted by Crippen LogP contribution is 2.23. The van der Waals surface area contributed by atoms with E-state index in [0.29, 0.717) is 4.88 Å². The van der Waals surface area contributed by atoms with Crippen LogP contribution in [0.2, 0.25) is 0 Å². The fraction of sp³-hybridized carbons (Fsp3) is 0.333. The molecule has 2 nitrogen and oxygen atoms in total. The Balaban J connectivity index is 2.73. The Labute approximate surface area is 87.7 Å². The molecule has 1 heterocycles. The summed E-state index contributed by atoms with van der Waals surface area (Å²) in [5.74, 6) is -3.60. The van der Waals surface area contributed by atoms with Gasteiger partial charge in [-0.05, 0) is 17.9 Å². The first-order valence-corrected chi connectivity index (χ1v) is 4.92. The third-order valence-electron chi connectivity index (χ3n) is 1.78. The van der Waals surface area contributed by atoms with Crippen LogP contribution in [0.4, 0.5) is 13.2 Å². The summed E-state index contributed by atoms with van der Waals surface area (Å²) in [7, 11) is 0. The van der Waals surface area contributed by atoms with Crippen molar-refractivity contribution >= 4 is 23.4 Å². The Morgan fingerprint density at radius 1 is 1.53 bits per heavy atom. The predicted molar refractivity (Wildman–Crippen MR) is 48.6 cm³/mol. The van der Waals surface area contributed by atoms with Gasteiger partial charge in [-0.25, -0.2) is 0 Å². The number of hydrogen-bond acceptors (Lipinski definition) is 3. The van der Waals surface area contributed by atoms with Crippen LogP contribution in [0.15, 0.2) is 17.5 Å². The highest BCUT2D eigenvalue weighted by molar-refractivity contribution is 7.09. The number of Topliss-reactive ketones (excluding diaryl/α,β-unsaturated/α-hetero) is 1. The van der Waals surface area contributed by atoms with Crippen LogP contribution in [0.5, 0.6) is 0 Å². The molecule has 15 heavy (non-hydrogen) atoms. The number of ketones is 1. The van der Waals surface area contributed by atoms with Crippen molar-refractivity contribution in [3.63, 3.8) is 0 Å². The van der Waals surface area contributed by atoms with Gasteiger partial charge < -0.3 is 4.79 Å². The van der Waals surface area contributed by atoms with E-state index in [9.17, 15) is 22.8 Å². The molecule has 0 amide bonds. The standard InChI is InChI=1S/C9H7F3O2S/c10-9(11,12)8(14)6(5-13)4-7-2-1-3-15-7/h1-3,5-6H,4H2. The monoisotopic (exact) mass is 236 g/mol. The first-order valence-electron chi connectivity index (χ1n) is 4.04. The van der Waals surface area contributed by atoms with Crippen LogP contribution in [-0.4, -0.2) is 18.2 Å². The highest BCUT2D eigenvalue weighted by atomic mass is 32.1. The normalized spacial score (nSPS) is 13.5. The van der Waals surface area contributed by atoms with Crippen LogP contribution >= 0.6 is 11.3 Å². The second-order valence-electron chi connectivity index (χ2n) is 2.89. The topological polar surface area (TPSA) is 34.1 Å². The van der Waals surface area contributed by atoms with Crippen LogP contribution < -0.4 is 0 Å². The first-order chi connectivity index (χ1) is 6.95. The van der Waals surface area contributed by atoms with E-state index in [4.69, 9.17) is 0 Å². The van der Waals surface area contributed by atoms with Crippen molar-refractivity contribution in [2.45, 2.75) is 12.6 Å². The molecule has 0 aliphatic rings. The Bertz CT molecular complexity index is 343. The lowest BCUT2D eigenvalue weighted by atomic mass is 10.0. The van der Waals surface area contributed by atoms with Gasteiger partial charge in [-0.3, -0.25) is 4.79 Å².